The maximum Gasteiger partial charge on any atom is 0.225 e. The minimum Gasteiger partial charge on any atom is -0.395 e. The van der Waals surface area contributed by atoms with E-state index in [1.165, 1.54) is 24.0 Å². The van der Waals surface area contributed by atoms with Gasteiger partial charge in [-0.05, 0) is 44.7 Å². The summed E-state index contributed by atoms with van der Waals surface area (Å²) in [6.45, 7) is 7.07. The predicted molar refractivity (Wildman–Crippen MR) is 110 cm³/mol. The number of carbonyl (C=O) groups excluding carboxylic acids is 1. The zero-order chi connectivity index (χ0) is 19.4. The van der Waals surface area contributed by atoms with E-state index < -0.39 is 0 Å². The standard InChI is InChI=1S/C23H34N2O2/c1-4-7-17-10-12-18(13-11-17)22-20(24-21(22)15-26)14-25(16(2)3)23(27)19-8-5-6-9-19/h4,7,10-13,16,19-22,24,26H,5-6,8-9,14-15H2,1-3H3/b7-4+/t20-,21-,22+/m1/s1. The summed E-state index contributed by atoms with van der Waals surface area (Å²) in [6, 6.07) is 9.04. The molecule has 4 nitrogen and oxygen atoms in total. The van der Waals surface area contributed by atoms with E-state index in [0.717, 1.165) is 12.8 Å². The van der Waals surface area contributed by atoms with E-state index in [4.69, 9.17) is 0 Å². The average molecular weight is 371 g/mol. The Bertz CT molecular complexity index is 647. The first-order valence-corrected chi connectivity index (χ1v) is 10.4. The lowest BCUT2D eigenvalue weighted by Crippen LogP contribution is -2.65. The minimum absolute atomic E-state index is 0.0677. The van der Waals surface area contributed by atoms with Crippen molar-refractivity contribution in [2.24, 2.45) is 5.92 Å². The molecule has 1 saturated carbocycles. The highest BCUT2D eigenvalue weighted by atomic mass is 16.3. The third kappa shape index (κ3) is 4.44. The second kappa shape index (κ2) is 9.03. The molecule has 3 atom stereocenters. The number of rotatable bonds is 7. The second-order valence-electron chi connectivity index (χ2n) is 8.32. The fourth-order valence-electron chi connectivity index (χ4n) is 4.64. The molecule has 2 aliphatic rings. The Hall–Kier alpha value is -1.65. The molecule has 148 valence electrons. The van der Waals surface area contributed by atoms with Crippen molar-refractivity contribution in [2.75, 3.05) is 13.2 Å². The molecule has 1 aliphatic heterocycles. The molecule has 0 spiro atoms. The summed E-state index contributed by atoms with van der Waals surface area (Å²) < 4.78 is 0. The molecule has 3 rings (SSSR count). The summed E-state index contributed by atoms with van der Waals surface area (Å²) in [5.41, 5.74) is 2.42. The van der Waals surface area contributed by atoms with Crippen molar-refractivity contribution in [1.29, 1.82) is 0 Å². The van der Waals surface area contributed by atoms with Crippen LogP contribution in [0.1, 0.15) is 63.5 Å². The van der Waals surface area contributed by atoms with Gasteiger partial charge in [0.05, 0.1) is 6.61 Å². The molecule has 0 unspecified atom stereocenters. The van der Waals surface area contributed by atoms with Crippen LogP contribution < -0.4 is 5.32 Å². The Labute approximate surface area is 163 Å². The second-order valence-corrected chi connectivity index (χ2v) is 8.32. The number of amides is 1. The van der Waals surface area contributed by atoms with E-state index in [-0.39, 0.29) is 36.6 Å². The quantitative estimate of drug-likeness (QED) is 0.772. The van der Waals surface area contributed by atoms with Crippen LogP contribution >= 0.6 is 0 Å². The van der Waals surface area contributed by atoms with Gasteiger partial charge in [0.25, 0.3) is 0 Å². The van der Waals surface area contributed by atoms with Crippen LogP contribution in [0.3, 0.4) is 0 Å². The van der Waals surface area contributed by atoms with Crippen LogP contribution in [-0.2, 0) is 4.79 Å². The Balaban J connectivity index is 1.72. The fraction of sp³-hybridized carbons (Fsp3) is 0.609. The zero-order valence-electron chi connectivity index (χ0n) is 16.9. The van der Waals surface area contributed by atoms with Crippen molar-refractivity contribution in [3.8, 4) is 0 Å². The van der Waals surface area contributed by atoms with Crippen LogP contribution in [-0.4, -0.2) is 47.2 Å². The first-order valence-electron chi connectivity index (χ1n) is 10.4. The maximum absolute atomic E-state index is 13.0. The topological polar surface area (TPSA) is 52.6 Å². The van der Waals surface area contributed by atoms with Crippen LogP contribution in [0.5, 0.6) is 0 Å². The average Bonchev–Trinajstić information content (AvgIpc) is 3.17. The number of carbonyl (C=O) groups is 1. The first kappa shape index (κ1) is 20.1. The number of hydrogen-bond donors (Lipinski definition) is 2. The predicted octanol–water partition coefficient (Wildman–Crippen LogP) is 3.56. The molecular formula is C23H34N2O2. The van der Waals surface area contributed by atoms with E-state index in [1.807, 2.05) is 13.0 Å². The molecule has 2 N–H and O–H groups in total. The van der Waals surface area contributed by atoms with Gasteiger partial charge in [-0.3, -0.25) is 4.79 Å². The van der Waals surface area contributed by atoms with Gasteiger partial charge < -0.3 is 15.3 Å². The third-order valence-corrected chi connectivity index (χ3v) is 6.18. The largest absolute Gasteiger partial charge is 0.395 e. The number of nitrogens with zero attached hydrogens (tertiary/aromatic N) is 1. The van der Waals surface area contributed by atoms with Crippen molar-refractivity contribution in [1.82, 2.24) is 10.2 Å². The molecule has 1 aliphatic carbocycles. The lowest BCUT2D eigenvalue weighted by Gasteiger charge is -2.48. The van der Waals surface area contributed by atoms with Gasteiger partial charge in [-0.15, -0.1) is 0 Å². The lowest BCUT2D eigenvalue weighted by atomic mass is 9.77. The van der Waals surface area contributed by atoms with Gasteiger partial charge in [0, 0.05) is 36.5 Å². The molecule has 0 bridgehead atoms. The number of aliphatic hydroxyl groups is 1. The first-order chi connectivity index (χ1) is 13.0. The molecule has 0 radical (unpaired) electrons. The molecular weight excluding hydrogens is 336 g/mol. The molecule has 1 aromatic carbocycles. The summed E-state index contributed by atoms with van der Waals surface area (Å²) >= 11 is 0. The molecule has 4 heteroatoms. The van der Waals surface area contributed by atoms with Crippen molar-refractivity contribution in [3.63, 3.8) is 0 Å². The Kier molecular flexibility index (Phi) is 6.72. The lowest BCUT2D eigenvalue weighted by molar-refractivity contribution is -0.138. The van der Waals surface area contributed by atoms with Gasteiger partial charge in [-0.2, -0.15) is 0 Å². The minimum atomic E-state index is 0.0677. The zero-order valence-corrected chi connectivity index (χ0v) is 16.9. The van der Waals surface area contributed by atoms with E-state index >= 15 is 0 Å². The normalized spacial score (nSPS) is 25.9. The van der Waals surface area contributed by atoms with Crippen LogP contribution in [0.25, 0.3) is 6.08 Å². The molecule has 2 fully saturated rings. The van der Waals surface area contributed by atoms with E-state index in [0.29, 0.717) is 12.5 Å². The maximum atomic E-state index is 13.0. The highest BCUT2D eigenvalue weighted by Crippen LogP contribution is 2.34. The molecule has 1 heterocycles. The molecule has 1 amide bonds. The SMILES string of the molecule is C/C=C/c1ccc([C@@H]2[C@@H](CO)N[C@@H]2CN(C(=O)C2CCCC2)C(C)C)cc1. The van der Waals surface area contributed by atoms with Crippen LogP contribution in [0, 0.1) is 5.92 Å². The highest BCUT2D eigenvalue weighted by Gasteiger charge is 2.43. The number of nitrogens with one attached hydrogen (secondary N) is 1. The summed E-state index contributed by atoms with van der Waals surface area (Å²) in [4.78, 5) is 15.1. The Morgan fingerprint density at radius 3 is 2.44 bits per heavy atom. The number of benzene rings is 1. The smallest absolute Gasteiger partial charge is 0.225 e. The van der Waals surface area contributed by atoms with E-state index in [1.54, 1.807) is 0 Å². The Morgan fingerprint density at radius 2 is 1.89 bits per heavy atom. The van der Waals surface area contributed by atoms with Crippen LogP contribution in [0.15, 0.2) is 30.3 Å². The van der Waals surface area contributed by atoms with Crippen LogP contribution in [0.2, 0.25) is 0 Å². The highest BCUT2D eigenvalue weighted by molar-refractivity contribution is 5.79. The third-order valence-electron chi connectivity index (χ3n) is 6.18. The van der Waals surface area contributed by atoms with E-state index in [2.05, 4.69) is 54.4 Å². The number of hydrogen-bond acceptors (Lipinski definition) is 3. The number of aliphatic hydroxyl groups excluding tert-OH is 1. The van der Waals surface area contributed by atoms with Crippen molar-refractivity contribution >= 4 is 12.0 Å². The monoisotopic (exact) mass is 370 g/mol. The summed E-state index contributed by atoms with van der Waals surface area (Å²) in [5.74, 6) is 0.769. The van der Waals surface area contributed by atoms with Gasteiger partial charge in [0.2, 0.25) is 5.91 Å². The molecule has 1 saturated heterocycles. The van der Waals surface area contributed by atoms with Crippen molar-refractivity contribution in [3.05, 3.63) is 41.5 Å². The van der Waals surface area contributed by atoms with Crippen molar-refractivity contribution < 1.29 is 9.90 Å². The molecule has 1 aromatic rings. The van der Waals surface area contributed by atoms with Gasteiger partial charge >= 0.3 is 0 Å². The van der Waals surface area contributed by atoms with E-state index in [9.17, 15) is 9.90 Å². The van der Waals surface area contributed by atoms with Crippen molar-refractivity contribution in [2.45, 2.75) is 70.5 Å². The summed E-state index contributed by atoms with van der Waals surface area (Å²) in [7, 11) is 0. The number of allylic oxidation sites excluding steroid dienone is 1. The van der Waals surface area contributed by atoms with Gasteiger partial charge in [0.1, 0.15) is 0 Å². The van der Waals surface area contributed by atoms with Gasteiger partial charge in [-0.1, -0.05) is 49.3 Å². The summed E-state index contributed by atoms with van der Waals surface area (Å²) in [6.07, 6.45) is 8.55. The van der Waals surface area contributed by atoms with Gasteiger partial charge in [-0.25, -0.2) is 0 Å². The fourth-order valence-corrected chi connectivity index (χ4v) is 4.64. The van der Waals surface area contributed by atoms with Gasteiger partial charge in [0.15, 0.2) is 0 Å². The van der Waals surface area contributed by atoms with Crippen LogP contribution in [0.4, 0.5) is 0 Å². The molecule has 27 heavy (non-hydrogen) atoms. The summed E-state index contributed by atoms with van der Waals surface area (Å²) in [5, 5.41) is 13.2. The molecule has 0 aromatic heterocycles. The Morgan fingerprint density at radius 1 is 1.22 bits per heavy atom.